The van der Waals surface area contributed by atoms with Crippen LogP contribution in [0.25, 0.3) is 0 Å². The van der Waals surface area contributed by atoms with Crippen molar-refractivity contribution >= 4 is 33.4 Å². The van der Waals surface area contributed by atoms with Crippen LogP contribution in [0.4, 0.5) is 10.1 Å². The fourth-order valence-electron chi connectivity index (χ4n) is 2.88. The number of piperidine rings is 1. The number of nitrogens with one attached hydrogen (secondary N) is 1. The average molecular weight is 405 g/mol. The zero-order valence-corrected chi connectivity index (χ0v) is 15.2. The molecule has 0 unspecified atom stereocenters. The Hall–Kier alpha value is -2.21. The summed E-state index contributed by atoms with van der Waals surface area (Å²) in [5.74, 6) is -1.05. The highest BCUT2D eigenvalue weighted by atomic mass is 79.9. The van der Waals surface area contributed by atoms with Crippen LogP contribution < -0.4 is 5.32 Å². The quantitative estimate of drug-likeness (QED) is 0.820. The van der Waals surface area contributed by atoms with Gasteiger partial charge in [-0.15, -0.1) is 0 Å². The third-order valence-electron chi connectivity index (χ3n) is 4.23. The lowest BCUT2D eigenvalue weighted by atomic mass is 10.1. The van der Waals surface area contributed by atoms with Crippen LogP contribution in [0.3, 0.4) is 0 Å². The van der Waals surface area contributed by atoms with Crippen molar-refractivity contribution in [2.45, 2.75) is 19.3 Å². The second-order valence-corrected chi connectivity index (χ2v) is 6.84. The Morgan fingerprint density at radius 3 is 2.48 bits per heavy atom. The number of likely N-dealkylation sites (tertiary alicyclic amines) is 1. The summed E-state index contributed by atoms with van der Waals surface area (Å²) in [6, 6.07) is 11.1. The Bertz CT molecular complexity index is 804. The molecule has 1 saturated heterocycles. The van der Waals surface area contributed by atoms with Crippen LogP contribution in [-0.4, -0.2) is 29.8 Å². The van der Waals surface area contributed by atoms with E-state index < -0.39 is 11.7 Å². The van der Waals surface area contributed by atoms with E-state index >= 15 is 0 Å². The number of carbonyl (C=O) groups excluding carboxylic acids is 2. The van der Waals surface area contributed by atoms with Crippen molar-refractivity contribution in [1.82, 2.24) is 4.90 Å². The van der Waals surface area contributed by atoms with Gasteiger partial charge in [0.05, 0.1) is 15.7 Å². The summed E-state index contributed by atoms with van der Waals surface area (Å²) >= 11 is 3.06. The summed E-state index contributed by atoms with van der Waals surface area (Å²) < 4.78 is 13.9. The first-order valence-electron chi connectivity index (χ1n) is 8.21. The Labute approximate surface area is 154 Å². The van der Waals surface area contributed by atoms with Gasteiger partial charge in [-0.3, -0.25) is 9.59 Å². The minimum atomic E-state index is -0.509. The molecule has 3 rings (SSSR count). The van der Waals surface area contributed by atoms with E-state index in [-0.39, 0.29) is 11.5 Å². The van der Waals surface area contributed by atoms with Crippen molar-refractivity contribution in [3.8, 4) is 0 Å². The summed E-state index contributed by atoms with van der Waals surface area (Å²) in [6.07, 6.45) is 3.13. The molecule has 1 aliphatic heterocycles. The Morgan fingerprint density at radius 1 is 1.04 bits per heavy atom. The second-order valence-electron chi connectivity index (χ2n) is 5.98. The molecule has 2 aromatic carbocycles. The average Bonchev–Trinajstić information content (AvgIpc) is 2.64. The van der Waals surface area contributed by atoms with Gasteiger partial charge in [0.25, 0.3) is 11.8 Å². The van der Waals surface area contributed by atoms with E-state index in [2.05, 4.69) is 21.2 Å². The van der Waals surface area contributed by atoms with Gasteiger partial charge in [-0.1, -0.05) is 12.1 Å². The van der Waals surface area contributed by atoms with Crippen LogP contribution in [0.2, 0.25) is 0 Å². The molecule has 0 radical (unpaired) electrons. The number of carbonyl (C=O) groups is 2. The molecule has 2 amide bonds. The largest absolute Gasteiger partial charge is 0.339 e. The van der Waals surface area contributed by atoms with Gasteiger partial charge in [-0.2, -0.15) is 0 Å². The predicted octanol–water partition coefficient (Wildman–Crippen LogP) is 4.47. The SMILES string of the molecule is O=C(Nc1ccccc1C(=O)N1CCCCC1)c1ccc(Br)c(F)c1. The van der Waals surface area contributed by atoms with Crippen LogP contribution in [0.15, 0.2) is 46.9 Å². The van der Waals surface area contributed by atoms with Gasteiger partial charge in [0.15, 0.2) is 0 Å². The van der Waals surface area contributed by atoms with Crippen molar-refractivity contribution in [2.75, 3.05) is 18.4 Å². The minimum Gasteiger partial charge on any atom is -0.339 e. The lowest BCUT2D eigenvalue weighted by Gasteiger charge is -2.27. The summed E-state index contributed by atoms with van der Waals surface area (Å²) in [5.41, 5.74) is 1.09. The van der Waals surface area contributed by atoms with E-state index in [9.17, 15) is 14.0 Å². The Kier molecular flexibility index (Phi) is 5.48. The Morgan fingerprint density at radius 2 is 1.76 bits per heavy atom. The van der Waals surface area contributed by atoms with Gasteiger partial charge in [-0.05, 0) is 65.5 Å². The second kappa shape index (κ2) is 7.78. The third-order valence-corrected chi connectivity index (χ3v) is 4.87. The highest BCUT2D eigenvalue weighted by molar-refractivity contribution is 9.10. The number of nitrogens with zero attached hydrogens (tertiary/aromatic N) is 1. The molecule has 4 nitrogen and oxygen atoms in total. The van der Waals surface area contributed by atoms with Gasteiger partial charge in [0.2, 0.25) is 0 Å². The first-order valence-corrected chi connectivity index (χ1v) is 9.00. The van der Waals surface area contributed by atoms with Crippen molar-refractivity contribution in [1.29, 1.82) is 0 Å². The summed E-state index contributed by atoms with van der Waals surface area (Å²) in [5, 5.41) is 2.73. The number of hydrogen-bond donors (Lipinski definition) is 1. The monoisotopic (exact) mass is 404 g/mol. The van der Waals surface area contributed by atoms with E-state index in [4.69, 9.17) is 0 Å². The smallest absolute Gasteiger partial charge is 0.255 e. The molecule has 1 N–H and O–H groups in total. The van der Waals surface area contributed by atoms with Crippen LogP contribution in [0.5, 0.6) is 0 Å². The molecule has 0 atom stereocenters. The topological polar surface area (TPSA) is 49.4 Å². The standard InChI is InChI=1S/C19H18BrFN2O2/c20-15-9-8-13(12-16(15)21)18(24)22-17-7-3-2-6-14(17)19(25)23-10-4-1-5-11-23/h2-3,6-9,12H,1,4-5,10-11H2,(H,22,24). The lowest BCUT2D eigenvalue weighted by molar-refractivity contribution is 0.0725. The van der Waals surface area contributed by atoms with Crippen molar-refractivity contribution < 1.29 is 14.0 Å². The van der Waals surface area contributed by atoms with Crippen LogP contribution in [0, 0.1) is 5.82 Å². The number of amides is 2. The zero-order chi connectivity index (χ0) is 17.8. The fraction of sp³-hybridized carbons (Fsp3) is 0.263. The molecule has 0 aromatic heterocycles. The molecule has 25 heavy (non-hydrogen) atoms. The van der Waals surface area contributed by atoms with E-state index in [1.54, 1.807) is 24.3 Å². The number of rotatable bonds is 3. The number of benzene rings is 2. The molecule has 1 fully saturated rings. The minimum absolute atomic E-state index is 0.0856. The van der Waals surface area contributed by atoms with Crippen molar-refractivity contribution in [3.05, 3.63) is 63.9 Å². The predicted molar refractivity (Wildman–Crippen MR) is 98.2 cm³/mol. The molecule has 0 aliphatic carbocycles. The van der Waals surface area contributed by atoms with Crippen LogP contribution in [0.1, 0.15) is 40.0 Å². The first-order chi connectivity index (χ1) is 12.1. The van der Waals surface area contributed by atoms with E-state index in [0.717, 1.165) is 38.4 Å². The lowest BCUT2D eigenvalue weighted by Crippen LogP contribution is -2.36. The fourth-order valence-corrected chi connectivity index (χ4v) is 3.12. The number of hydrogen-bond acceptors (Lipinski definition) is 2. The molecular weight excluding hydrogens is 387 g/mol. The highest BCUT2D eigenvalue weighted by Crippen LogP contribution is 2.22. The van der Waals surface area contributed by atoms with E-state index in [1.807, 2.05) is 4.90 Å². The maximum Gasteiger partial charge on any atom is 0.255 e. The Balaban J connectivity index is 1.81. The van der Waals surface area contributed by atoms with E-state index in [1.165, 1.54) is 12.1 Å². The summed E-state index contributed by atoms with van der Waals surface area (Å²) in [7, 11) is 0. The first kappa shape index (κ1) is 17.6. The number of para-hydroxylation sites is 1. The zero-order valence-electron chi connectivity index (χ0n) is 13.6. The molecular formula is C19H18BrFN2O2. The molecule has 1 aliphatic rings. The summed E-state index contributed by atoms with van der Waals surface area (Å²) in [4.78, 5) is 27.0. The van der Waals surface area contributed by atoms with Gasteiger partial charge in [0, 0.05) is 18.7 Å². The molecule has 0 bridgehead atoms. The van der Waals surface area contributed by atoms with Crippen LogP contribution >= 0.6 is 15.9 Å². The van der Waals surface area contributed by atoms with E-state index in [0.29, 0.717) is 15.7 Å². The van der Waals surface area contributed by atoms with Gasteiger partial charge >= 0.3 is 0 Å². The highest BCUT2D eigenvalue weighted by Gasteiger charge is 2.21. The molecule has 130 valence electrons. The molecule has 6 heteroatoms. The maximum absolute atomic E-state index is 13.6. The number of halogens is 2. The third kappa shape index (κ3) is 4.07. The number of anilines is 1. The molecule has 1 heterocycles. The van der Waals surface area contributed by atoms with Gasteiger partial charge in [0.1, 0.15) is 5.82 Å². The van der Waals surface area contributed by atoms with Gasteiger partial charge < -0.3 is 10.2 Å². The van der Waals surface area contributed by atoms with Crippen molar-refractivity contribution in [2.24, 2.45) is 0 Å². The molecule has 0 saturated carbocycles. The summed E-state index contributed by atoms with van der Waals surface area (Å²) in [6.45, 7) is 1.47. The normalized spacial score (nSPS) is 14.2. The molecule has 0 spiro atoms. The van der Waals surface area contributed by atoms with Crippen LogP contribution in [-0.2, 0) is 0 Å². The van der Waals surface area contributed by atoms with Crippen molar-refractivity contribution in [3.63, 3.8) is 0 Å². The maximum atomic E-state index is 13.6. The molecule has 2 aromatic rings. The van der Waals surface area contributed by atoms with Gasteiger partial charge in [-0.25, -0.2) is 4.39 Å².